The lowest BCUT2D eigenvalue weighted by molar-refractivity contribution is -0.255. The molecule has 0 aromatic heterocycles. The number of carbonyl (C=O) groups is 1. The van der Waals surface area contributed by atoms with E-state index in [0.717, 1.165) is 11.6 Å². The Hall–Kier alpha value is -2.78. The van der Waals surface area contributed by atoms with Crippen molar-refractivity contribution in [3.8, 4) is 17.2 Å². The first-order chi connectivity index (χ1) is 12.8. The normalized spacial score (nSPS) is 11.1. The summed E-state index contributed by atoms with van der Waals surface area (Å²) in [7, 11) is 0.442. The first-order valence-electron chi connectivity index (χ1n) is 7.92. The van der Waals surface area contributed by atoms with Crippen LogP contribution in [0.2, 0.25) is 0 Å². The second-order valence-corrected chi connectivity index (χ2v) is 7.25. The Kier molecular flexibility index (Phi) is 6.65. The Labute approximate surface area is 157 Å². The Balaban J connectivity index is 2.11. The van der Waals surface area contributed by atoms with Crippen LogP contribution in [-0.4, -0.2) is 42.3 Å². The van der Waals surface area contributed by atoms with Gasteiger partial charge in [0, 0.05) is 12.1 Å². The second-order valence-electron chi connectivity index (χ2n) is 5.49. The molecule has 27 heavy (non-hydrogen) atoms. The molecule has 0 radical (unpaired) electrons. The standard InChI is InChI=1S/C18H21NO7S/c1-24-15-7-5-13(11-14(15)18(20)21)27(22,23)19-9-8-12-4-6-16(25-2)17(10-12)26-3/h4-7,10-11,19H,8-9H2,1-3H3,(H,20,21)/p-1. The zero-order valence-electron chi connectivity index (χ0n) is 15.1. The van der Waals surface area contributed by atoms with Gasteiger partial charge in [-0.3, -0.25) is 0 Å². The predicted molar refractivity (Wildman–Crippen MR) is 95.8 cm³/mol. The molecule has 146 valence electrons. The third-order valence-electron chi connectivity index (χ3n) is 3.85. The van der Waals surface area contributed by atoms with Gasteiger partial charge in [-0.25, -0.2) is 13.1 Å². The highest BCUT2D eigenvalue weighted by Gasteiger charge is 2.17. The van der Waals surface area contributed by atoms with Crippen LogP contribution in [0.3, 0.4) is 0 Å². The van der Waals surface area contributed by atoms with Gasteiger partial charge in [-0.05, 0) is 42.3 Å². The van der Waals surface area contributed by atoms with E-state index in [4.69, 9.17) is 14.2 Å². The van der Waals surface area contributed by atoms with Crippen LogP contribution in [0.1, 0.15) is 15.9 Å². The van der Waals surface area contributed by atoms with E-state index in [1.807, 2.05) is 0 Å². The van der Waals surface area contributed by atoms with Crippen LogP contribution in [0.25, 0.3) is 0 Å². The molecule has 1 N–H and O–H groups in total. The maximum absolute atomic E-state index is 12.4. The molecule has 2 aromatic rings. The molecule has 0 bridgehead atoms. The summed E-state index contributed by atoms with van der Waals surface area (Å²) in [4.78, 5) is 11.0. The number of sulfonamides is 1. The second kappa shape index (κ2) is 8.74. The van der Waals surface area contributed by atoms with E-state index in [0.29, 0.717) is 17.9 Å². The number of ether oxygens (including phenoxy) is 3. The molecule has 8 nitrogen and oxygen atoms in total. The molecular weight excluding hydrogens is 374 g/mol. The summed E-state index contributed by atoms with van der Waals surface area (Å²) in [6.45, 7) is 0.116. The van der Waals surface area contributed by atoms with Crippen molar-refractivity contribution in [1.29, 1.82) is 0 Å². The maximum Gasteiger partial charge on any atom is 0.240 e. The SMILES string of the molecule is COc1ccc(CCNS(=O)(=O)c2ccc(OC)c(C(=O)[O-])c2)cc1OC. The predicted octanol–water partition coefficient (Wildman–Crippen LogP) is 0.597. The molecule has 0 aliphatic carbocycles. The van der Waals surface area contributed by atoms with Gasteiger partial charge in [0.05, 0.1) is 32.2 Å². The number of carboxylic acids is 1. The van der Waals surface area contributed by atoms with Crippen LogP contribution in [0.4, 0.5) is 0 Å². The van der Waals surface area contributed by atoms with E-state index in [-0.39, 0.29) is 22.8 Å². The van der Waals surface area contributed by atoms with E-state index in [9.17, 15) is 18.3 Å². The Morgan fingerprint density at radius 3 is 2.19 bits per heavy atom. The molecule has 0 saturated carbocycles. The van der Waals surface area contributed by atoms with Gasteiger partial charge >= 0.3 is 0 Å². The average molecular weight is 394 g/mol. The first kappa shape index (κ1) is 20.5. The van der Waals surface area contributed by atoms with Crippen molar-refractivity contribution in [1.82, 2.24) is 4.72 Å². The van der Waals surface area contributed by atoms with Crippen molar-refractivity contribution in [2.45, 2.75) is 11.3 Å². The number of hydrogen-bond donors (Lipinski definition) is 1. The fraction of sp³-hybridized carbons (Fsp3) is 0.278. The lowest BCUT2D eigenvalue weighted by atomic mass is 10.1. The van der Waals surface area contributed by atoms with Gasteiger partial charge in [-0.2, -0.15) is 0 Å². The molecule has 0 heterocycles. The largest absolute Gasteiger partial charge is 0.545 e. The van der Waals surface area contributed by atoms with Gasteiger partial charge in [0.25, 0.3) is 0 Å². The van der Waals surface area contributed by atoms with Gasteiger partial charge in [-0.15, -0.1) is 0 Å². The third-order valence-corrected chi connectivity index (χ3v) is 5.31. The molecular formula is C18H20NO7S-. The molecule has 0 aliphatic heterocycles. The smallest absolute Gasteiger partial charge is 0.240 e. The van der Waals surface area contributed by atoms with Crippen molar-refractivity contribution in [3.63, 3.8) is 0 Å². The van der Waals surface area contributed by atoms with Crippen LogP contribution in [-0.2, 0) is 16.4 Å². The highest BCUT2D eigenvalue weighted by Crippen LogP contribution is 2.27. The number of carboxylic acid groups (broad SMARTS) is 1. The van der Waals surface area contributed by atoms with Gasteiger partial charge in [0.1, 0.15) is 5.75 Å². The Morgan fingerprint density at radius 1 is 0.963 bits per heavy atom. The Morgan fingerprint density at radius 2 is 1.59 bits per heavy atom. The van der Waals surface area contributed by atoms with E-state index in [1.165, 1.54) is 33.5 Å². The summed E-state index contributed by atoms with van der Waals surface area (Å²) in [5, 5.41) is 11.1. The van der Waals surface area contributed by atoms with Crippen LogP contribution in [0.5, 0.6) is 17.2 Å². The molecule has 0 atom stereocenters. The fourth-order valence-corrected chi connectivity index (χ4v) is 3.52. The summed E-state index contributed by atoms with van der Waals surface area (Å²) in [6, 6.07) is 8.84. The quantitative estimate of drug-likeness (QED) is 0.662. The molecule has 0 saturated heterocycles. The van der Waals surface area contributed by atoms with E-state index >= 15 is 0 Å². The monoisotopic (exact) mass is 394 g/mol. The lowest BCUT2D eigenvalue weighted by Gasteiger charge is -2.13. The molecule has 0 aliphatic rings. The Bertz CT molecular complexity index is 925. The van der Waals surface area contributed by atoms with E-state index < -0.39 is 16.0 Å². The average Bonchev–Trinajstić information content (AvgIpc) is 2.66. The van der Waals surface area contributed by atoms with E-state index in [2.05, 4.69) is 4.72 Å². The topological polar surface area (TPSA) is 114 Å². The number of methoxy groups -OCH3 is 3. The molecule has 9 heteroatoms. The molecule has 0 amide bonds. The van der Waals surface area contributed by atoms with Crippen LogP contribution in [0, 0.1) is 0 Å². The molecule has 2 rings (SSSR count). The minimum absolute atomic E-state index is 0.0271. The summed E-state index contributed by atoms with van der Waals surface area (Å²) < 4.78 is 42.5. The minimum Gasteiger partial charge on any atom is -0.545 e. The van der Waals surface area contributed by atoms with Crippen LogP contribution < -0.4 is 24.0 Å². The highest BCUT2D eigenvalue weighted by molar-refractivity contribution is 7.89. The highest BCUT2D eigenvalue weighted by atomic mass is 32.2. The number of rotatable bonds is 9. The zero-order valence-corrected chi connectivity index (χ0v) is 16.0. The molecule has 2 aromatic carbocycles. The first-order valence-corrected chi connectivity index (χ1v) is 9.40. The zero-order chi connectivity index (χ0) is 20.0. The summed E-state index contributed by atoms with van der Waals surface area (Å²) in [5.74, 6) is -0.366. The van der Waals surface area contributed by atoms with Crippen molar-refractivity contribution in [2.24, 2.45) is 0 Å². The number of benzene rings is 2. The van der Waals surface area contributed by atoms with Crippen molar-refractivity contribution >= 4 is 16.0 Å². The van der Waals surface area contributed by atoms with Crippen LogP contribution >= 0.6 is 0 Å². The van der Waals surface area contributed by atoms with Crippen LogP contribution in [0.15, 0.2) is 41.3 Å². The van der Waals surface area contributed by atoms with Gasteiger partial charge in [0.2, 0.25) is 10.0 Å². The lowest BCUT2D eigenvalue weighted by Crippen LogP contribution is -2.27. The summed E-state index contributed by atoms with van der Waals surface area (Å²) >= 11 is 0. The van der Waals surface area contributed by atoms with Crippen molar-refractivity contribution in [3.05, 3.63) is 47.5 Å². The number of aromatic carboxylic acids is 1. The third kappa shape index (κ3) is 4.89. The van der Waals surface area contributed by atoms with Crippen molar-refractivity contribution < 1.29 is 32.5 Å². The maximum atomic E-state index is 12.4. The van der Waals surface area contributed by atoms with Gasteiger partial charge < -0.3 is 24.1 Å². The van der Waals surface area contributed by atoms with E-state index in [1.54, 1.807) is 18.2 Å². The van der Waals surface area contributed by atoms with Gasteiger partial charge in [0.15, 0.2) is 11.5 Å². The van der Waals surface area contributed by atoms with Crippen molar-refractivity contribution in [2.75, 3.05) is 27.9 Å². The van der Waals surface area contributed by atoms with Gasteiger partial charge in [-0.1, -0.05) is 6.07 Å². The number of nitrogens with one attached hydrogen (secondary N) is 1. The fourth-order valence-electron chi connectivity index (χ4n) is 2.46. The molecule has 0 spiro atoms. The minimum atomic E-state index is -3.89. The molecule has 0 fully saturated rings. The summed E-state index contributed by atoms with van der Waals surface area (Å²) in [6.07, 6.45) is 0.406. The number of hydrogen-bond acceptors (Lipinski definition) is 7. The number of carbonyl (C=O) groups excluding carboxylic acids is 1. The molecule has 0 unspecified atom stereocenters. The summed E-state index contributed by atoms with van der Waals surface area (Å²) in [5.41, 5.74) is 0.515.